The van der Waals surface area contributed by atoms with E-state index in [0.29, 0.717) is 0 Å². The molecule has 0 aromatic rings. The van der Waals surface area contributed by atoms with E-state index >= 15 is 0 Å². The minimum Gasteiger partial charge on any atom is -0.301 e. The molecule has 0 spiro atoms. The zero-order chi connectivity index (χ0) is 10.4. The van der Waals surface area contributed by atoms with Crippen LogP contribution in [0, 0.1) is 0 Å². The molecule has 1 saturated heterocycles. The third-order valence-electron chi connectivity index (χ3n) is 3.16. The molecule has 0 radical (unpaired) electrons. The first kappa shape index (κ1) is 12.8. The van der Waals surface area contributed by atoms with Crippen LogP contribution < -0.4 is 0 Å². The Kier molecular flexibility index (Phi) is 6.42. The first-order valence-electron chi connectivity index (χ1n) is 6.08. The summed E-state index contributed by atoms with van der Waals surface area (Å²) < 4.78 is 0.943. The molecule has 0 bridgehead atoms. The van der Waals surface area contributed by atoms with Crippen LogP contribution in [-0.4, -0.2) is 28.0 Å². The maximum absolute atomic E-state index is 2.65. The molecule has 0 atom stereocenters. The van der Waals surface area contributed by atoms with Gasteiger partial charge in [0, 0.05) is 9.97 Å². The molecule has 1 nitrogen and oxygen atoms in total. The number of rotatable bonds is 1. The van der Waals surface area contributed by atoms with Gasteiger partial charge in [0.15, 0.2) is 0 Å². The van der Waals surface area contributed by atoms with E-state index in [1.165, 1.54) is 51.6 Å². The lowest BCUT2D eigenvalue weighted by Crippen LogP contribution is -2.33. The lowest BCUT2D eigenvalue weighted by atomic mass is 10.1. The van der Waals surface area contributed by atoms with E-state index in [9.17, 15) is 0 Å². The second-order valence-electron chi connectivity index (χ2n) is 4.72. The molecule has 0 saturated carbocycles. The van der Waals surface area contributed by atoms with Crippen LogP contribution in [0.4, 0.5) is 0 Å². The summed E-state index contributed by atoms with van der Waals surface area (Å²) in [4.78, 5) is 2.65. The second-order valence-corrected chi connectivity index (χ2v) is 6.48. The summed E-state index contributed by atoms with van der Waals surface area (Å²) in [5.41, 5.74) is 0. The van der Waals surface area contributed by atoms with Crippen LogP contribution in [0.3, 0.4) is 0 Å². The smallest absolute Gasteiger partial charge is 0.0110 e. The highest BCUT2D eigenvalue weighted by Gasteiger charge is 2.12. The minimum atomic E-state index is 0.741. The monoisotopic (exact) mass is 309 g/mol. The highest BCUT2D eigenvalue weighted by Crippen LogP contribution is 2.19. The zero-order valence-electron chi connectivity index (χ0n) is 9.64. The Labute approximate surface area is 103 Å². The lowest BCUT2D eigenvalue weighted by molar-refractivity contribution is 0.209. The van der Waals surface area contributed by atoms with Crippen molar-refractivity contribution >= 4 is 22.6 Å². The summed E-state index contributed by atoms with van der Waals surface area (Å²) >= 11 is 2.63. The van der Waals surface area contributed by atoms with Gasteiger partial charge >= 0.3 is 0 Å². The van der Waals surface area contributed by atoms with E-state index in [4.69, 9.17) is 0 Å². The Hall–Kier alpha value is 0.690. The number of hydrogen-bond donors (Lipinski definition) is 0. The van der Waals surface area contributed by atoms with Crippen molar-refractivity contribution in [3.8, 4) is 0 Å². The summed E-state index contributed by atoms with van der Waals surface area (Å²) in [7, 11) is 0. The minimum absolute atomic E-state index is 0.741. The molecule has 1 rings (SSSR count). The second kappa shape index (κ2) is 7.04. The Balaban J connectivity index is 2.31. The largest absolute Gasteiger partial charge is 0.301 e. The van der Waals surface area contributed by atoms with Gasteiger partial charge in [-0.05, 0) is 52.6 Å². The Morgan fingerprint density at radius 2 is 1.50 bits per heavy atom. The van der Waals surface area contributed by atoms with Crippen LogP contribution in [0.15, 0.2) is 0 Å². The van der Waals surface area contributed by atoms with Crippen molar-refractivity contribution in [2.75, 3.05) is 13.1 Å². The fourth-order valence-electron chi connectivity index (χ4n) is 2.13. The molecule has 0 aliphatic carbocycles. The Bertz CT molecular complexity index is 135. The van der Waals surface area contributed by atoms with E-state index in [1.807, 2.05) is 0 Å². The van der Waals surface area contributed by atoms with Gasteiger partial charge in [-0.15, -0.1) is 0 Å². The van der Waals surface area contributed by atoms with Gasteiger partial charge in [0.25, 0.3) is 0 Å². The molecule has 0 aromatic carbocycles. The van der Waals surface area contributed by atoms with Crippen LogP contribution >= 0.6 is 22.6 Å². The molecule has 2 heteroatoms. The number of alkyl halides is 1. The maximum atomic E-state index is 2.65. The van der Waals surface area contributed by atoms with Gasteiger partial charge in [0.1, 0.15) is 0 Å². The number of halogens is 1. The summed E-state index contributed by atoms with van der Waals surface area (Å²) in [6.07, 6.45) is 8.53. The van der Waals surface area contributed by atoms with Crippen LogP contribution in [0.5, 0.6) is 0 Å². The summed E-state index contributed by atoms with van der Waals surface area (Å²) in [5.74, 6) is 0. The van der Waals surface area contributed by atoms with Gasteiger partial charge in [-0.3, -0.25) is 0 Å². The summed E-state index contributed by atoms with van der Waals surface area (Å²) in [5, 5.41) is 0. The molecule has 84 valence electrons. The van der Waals surface area contributed by atoms with Crippen LogP contribution in [-0.2, 0) is 0 Å². The quantitative estimate of drug-likeness (QED) is 0.525. The van der Waals surface area contributed by atoms with E-state index in [0.717, 1.165) is 9.97 Å². The summed E-state index contributed by atoms with van der Waals surface area (Å²) in [6, 6.07) is 0.741. The third kappa shape index (κ3) is 4.96. The predicted octanol–water partition coefficient (Wildman–Crippen LogP) is 3.85. The van der Waals surface area contributed by atoms with Crippen molar-refractivity contribution in [3.05, 3.63) is 0 Å². The third-order valence-corrected chi connectivity index (χ3v) is 4.40. The van der Waals surface area contributed by atoms with Crippen LogP contribution in [0.1, 0.15) is 52.4 Å². The molecule has 0 unspecified atom stereocenters. The van der Waals surface area contributed by atoms with Crippen molar-refractivity contribution < 1.29 is 0 Å². The molecule has 1 heterocycles. The molecule has 0 aromatic heterocycles. The first-order valence-corrected chi connectivity index (χ1v) is 7.33. The fraction of sp³-hybridized carbons (Fsp3) is 1.00. The van der Waals surface area contributed by atoms with Crippen molar-refractivity contribution in [3.63, 3.8) is 0 Å². The van der Waals surface area contributed by atoms with Gasteiger partial charge in [0.2, 0.25) is 0 Å². The van der Waals surface area contributed by atoms with Gasteiger partial charge in [-0.2, -0.15) is 0 Å². The van der Waals surface area contributed by atoms with Gasteiger partial charge in [0.05, 0.1) is 0 Å². The summed E-state index contributed by atoms with van der Waals surface area (Å²) in [6.45, 7) is 7.29. The highest BCUT2D eigenvalue weighted by atomic mass is 127. The normalized spacial score (nSPS) is 24.0. The standard InChI is InChI=1S/C12H24IN/c1-11(2)14-9-5-3-7-12(13)8-4-6-10-14/h11-12H,3-10H2,1-2H3. The number of nitrogens with zero attached hydrogens (tertiary/aromatic N) is 1. The molecule has 14 heavy (non-hydrogen) atoms. The van der Waals surface area contributed by atoms with Crippen molar-refractivity contribution in [1.82, 2.24) is 4.90 Å². The SMILES string of the molecule is CC(C)N1CCCCC(I)CCCC1. The van der Waals surface area contributed by atoms with Gasteiger partial charge in [-0.1, -0.05) is 35.4 Å². The van der Waals surface area contributed by atoms with E-state index in [-0.39, 0.29) is 0 Å². The Morgan fingerprint density at radius 3 is 1.93 bits per heavy atom. The van der Waals surface area contributed by atoms with Gasteiger partial charge < -0.3 is 4.90 Å². The van der Waals surface area contributed by atoms with Gasteiger partial charge in [-0.25, -0.2) is 0 Å². The van der Waals surface area contributed by atoms with E-state index < -0.39 is 0 Å². The van der Waals surface area contributed by atoms with E-state index in [1.54, 1.807) is 0 Å². The molecular weight excluding hydrogens is 285 g/mol. The average molecular weight is 309 g/mol. The maximum Gasteiger partial charge on any atom is 0.0110 e. The number of hydrogen-bond acceptors (Lipinski definition) is 1. The molecule has 0 amide bonds. The van der Waals surface area contributed by atoms with E-state index in [2.05, 4.69) is 41.3 Å². The van der Waals surface area contributed by atoms with Crippen LogP contribution in [0.25, 0.3) is 0 Å². The molecular formula is C12H24IN. The van der Waals surface area contributed by atoms with Crippen molar-refractivity contribution in [2.45, 2.75) is 62.3 Å². The topological polar surface area (TPSA) is 3.24 Å². The Morgan fingerprint density at radius 1 is 1.00 bits per heavy atom. The van der Waals surface area contributed by atoms with Crippen molar-refractivity contribution in [2.24, 2.45) is 0 Å². The molecule has 0 N–H and O–H groups in total. The molecule has 1 fully saturated rings. The average Bonchev–Trinajstić information content (AvgIpc) is 2.15. The zero-order valence-corrected chi connectivity index (χ0v) is 11.8. The predicted molar refractivity (Wildman–Crippen MR) is 72.2 cm³/mol. The fourth-order valence-corrected chi connectivity index (χ4v) is 3.01. The van der Waals surface area contributed by atoms with Crippen molar-refractivity contribution in [1.29, 1.82) is 0 Å². The molecule has 1 aliphatic rings. The first-order chi connectivity index (χ1) is 6.70. The lowest BCUT2D eigenvalue weighted by Gasteiger charge is -2.27. The highest BCUT2D eigenvalue weighted by molar-refractivity contribution is 14.1. The van der Waals surface area contributed by atoms with Crippen LogP contribution in [0.2, 0.25) is 0 Å². The molecule has 1 aliphatic heterocycles.